The van der Waals surface area contributed by atoms with Gasteiger partial charge in [0.1, 0.15) is 6.04 Å². The number of nitrogens with two attached hydrogens (primary N) is 1. The Balaban J connectivity index is 0.00000200. The molecular weight excluding hydrogens is 290 g/mol. The van der Waals surface area contributed by atoms with Gasteiger partial charge in [-0.05, 0) is 6.42 Å². The largest absolute Gasteiger partial charge is 0.477 e. The summed E-state index contributed by atoms with van der Waals surface area (Å²) < 4.78 is 4.93. The summed E-state index contributed by atoms with van der Waals surface area (Å²) in [5.74, 6) is -2.56. The molecule has 0 spiro atoms. The molecule has 20 heavy (non-hydrogen) atoms. The number of hydrogen-bond donors (Lipinski definition) is 2. The van der Waals surface area contributed by atoms with E-state index in [9.17, 15) is 19.5 Å². The highest BCUT2D eigenvalue weighted by Gasteiger charge is 2.48. The maximum absolute atomic E-state index is 11.8. The van der Waals surface area contributed by atoms with Crippen LogP contribution in [-0.4, -0.2) is 58.7 Å². The normalized spacial score (nSPS) is 21.8. The molecule has 1 fully saturated rings. The number of rotatable bonds is 4. The van der Waals surface area contributed by atoms with E-state index in [0.29, 0.717) is 6.42 Å². The van der Waals surface area contributed by atoms with E-state index in [1.807, 2.05) is 6.92 Å². The van der Waals surface area contributed by atoms with Crippen LogP contribution in [0.3, 0.4) is 0 Å². The summed E-state index contributed by atoms with van der Waals surface area (Å²) in [6.45, 7) is 2.27. The van der Waals surface area contributed by atoms with Crippen LogP contribution >= 0.6 is 12.4 Å². The van der Waals surface area contributed by atoms with E-state index >= 15 is 0 Å². The lowest BCUT2D eigenvalue weighted by Gasteiger charge is -2.18. The first-order valence-corrected chi connectivity index (χ1v) is 5.95. The first kappa shape index (κ1) is 16.4. The van der Waals surface area contributed by atoms with Crippen molar-refractivity contribution in [2.24, 2.45) is 5.73 Å². The van der Waals surface area contributed by atoms with Crippen LogP contribution in [0.2, 0.25) is 0 Å². The van der Waals surface area contributed by atoms with Crippen LogP contribution < -0.4 is 5.73 Å². The minimum absolute atomic E-state index is 0. The Morgan fingerprint density at radius 1 is 1.50 bits per heavy atom. The van der Waals surface area contributed by atoms with E-state index in [1.165, 1.54) is 5.01 Å². The van der Waals surface area contributed by atoms with Crippen molar-refractivity contribution >= 4 is 30.3 Å². The summed E-state index contributed by atoms with van der Waals surface area (Å²) >= 11 is 0. The zero-order valence-electron chi connectivity index (χ0n) is 10.9. The van der Waals surface area contributed by atoms with E-state index in [-0.39, 0.29) is 43.4 Å². The van der Waals surface area contributed by atoms with Crippen molar-refractivity contribution in [1.29, 1.82) is 0 Å². The fourth-order valence-corrected chi connectivity index (χ4v) is 2.12. The molecule has 0 aromatic rings. The molecule has 2 aliphatic heterocycles. The molecule has 0 aromatic carbocycles. The fourth-order valence-electron chi connectivity index (χ4n) is 2.12. The van der Waals surface area contributed by atoms with Gasteiger partial charge < -0.3 is 15.6 Å². The van der Waals surface area contributed by atoms with Crippen LogP contribution in [0.15, 0.2) is 11.3 Å². The predicted octanol–water partition coefficient (Wildman–Crippen LogP) is -0.900. The molecule has 1 atom stereocenters. The van der Waals surface area contributed by atoms with Crippen molar-refractivity contribution in [1.82, 2.24) is 10.0 Å². The number of halogens is 1. The van der Waals surface area contributed by atoms with Crippen LogP contribution in [0.1, 0.15) is 13.3 Å². The molecule has 112 valence electrons. The van der Waals surface area contributed by atoms with Gasteiger partial charge in [0.25, 0.3) is 5.91 Å². The van der Waals surface area contributed by atoms with E-state index in [0.717, 1.165) is 5.01 Å². The second-order valence-corrected chi connectivity index (χ2v) is 4.37. The number of esters is 1. The molecule has 0 unspecified atom stereocenters. The van der Waals surface area contributed by atoms with Gasteiger partial charge in [0, 0.05) is 6.54 Å². The number of carboxylic acid groups (broad SMARTS) is 1. The SMILES string of the molecule is CCCOC(=O)C1=C(C(=O)O)N2C(=O)[C@H](N)CN2C1.Cl. The summed E-state index contributed by atoms with van der Waals surface area (Å²) in [6, 6.07) is -0.762. The predicted molar refractivity (Wildman–Crippen MR) is 69.6 cm³/mol. The zero-order valence-corrected chi connectivity index (χ0v) is 11.7. The molecule has 2 rings (SSSR count). The van der Waals surface area contributed by atoms with Gasteiger partial charge in [-0.25, -0.2) is 19.6 Å². The number of aliphatic carboxylic acids is 1. The van der Waals surface area contributed by atoms with Crippen LogP contribution in [0.4, 0.5) is 0 Å². The quantitative estimate of drug-likeness (QED) is 0.647. The standard InChI is InChI=1S/C11H15N3O5.ClH/c1-2-3-19-11(18)6-4-13-5-7(12)9(15)14(13)8(6)10(16)17;/h7H,2-5,12H2,1H3,(H,16,17);1H/t7-;/m1./s1. The third kappa shape index (κ3) is 2.62. The lowest BCUT2D eigenvalue weighted by Crippen LogP contribution is -2.37. The van der Waals surface area contributed by atoms with E-state index in [1.54, 1.807) is 0 Å². The number of carboxylic acids is 1. The highest BCUT2D eigenvalue weighted by atomic mass is 35.5. The van der Waals surface area contributed by atoms with Crippen molar-refractivity contribution in [3.8, 4) is 0 Å². The van der Waals surface area contributed by atoms with Gasteiger partial charge in [-0.15, -0.1) is 12.4 Å². The minimum Gasteiger partial charge on any atom is -0.477 e. The second-order valence-electron chi connectivity index (χ2n) is 4.37. The molecule has 0 aliphatic carbocycles. The van der Waals surface area contributed by atoms with Crippen molar-refractivity contribution < 1.29 is 24.2 Å². The fraction of sp³-hybridized carbons (Fsp3) is 0.545. The smallest absolute Gasteiger partial charge is 0.354 e. The molecule has 0 bridgehead atoms. The molecule has 9 heteroatoms. The Labute approximate surface area is 121 Å². The second kappa shape index (κ2) is 6.21. The highest BCUT2D eigenvalue weighted by molar-refractivity contribution is 6.04. The number of fused-ring (bicyclic) bond motifs is 1. The molecule has 8 nitrogen and oxygen atoms in total. The van der Waals surface area contributed by atoms with E-state index < -0.39 is 23.9 Å². The van der Waals surface area contributed by atoms with Gasteiger partial charge in [0.2, 0.25) is 0 Å². The van der Waals surface area contributed by atoms with Gasteiger partial charge >= 0.3 is 11.9 Å². The Kier molecular flexibility index (Phi) is 5.09. The minimum atomic E-state index is -1.34. The molecule has 2 heterocycles. The number of hydrogen-bond acceptors (Lipinski definition) is 6. The Hall–Kier alpha value is -1.64. The highest BCUT2D eigenvalue weighted by Crippen LogP contribution is 2.29. The summed E-state index contributed by atoms with van der Waals surface area (Å²) in [5, 5.41) is 11.6. The van der Waals surface area contributed by atoms with Crippen LogP contribution in [0.25, 0.3) is 0 Å². The first-order chi connectivity index (χ1) is 8.97. The lowest BCUT2D eigenvalue weighted by molar-refractivity contribution is -0.143. The molecule has 1 saturated heterocycles. The Morgan fingerprint density at radius 3 is 2.70 bits per heavy atom. The summed E-state index contributed by atoms with van der Waals surface area (Å²) in [5.41, 5.74) is 5.21. The van der Waals surface area contributed by atoms with Crippen LogP contribution in [0.5, 0.6) is 0 Å². The first-order valence-electron chi connectivity index (χ1n) is 5.95. The van der Waals surface area contributed by atoms with Crippen LogP contribution in [0, 0.1) is 0 Å². The number of amides is 1. The lowest BCUT2D eigenvalue weighted by atomic mass is 10.2. The van der Waals surface area contributed by atoms with Crippen molar-refractivity contribution in [3.05, 3.63) is 11.3 Å². The van der Waals surface area contributed by atoms with Crippen LogP contribution in [-0.2, 0) is 19.1 Å². The molecular formula is C11H16ClN3O5. The number of carbonyl (C=O) groups excluding carboxylic acids is 2. The number of hydrazine groups is 1. The maximum Gasteiger partial charge on any atom is 0.354 e. The number of carbonyl (C=O) groups is 3. The van der Waals surface area contributed by atoms with E-state index in [2.05, 4.69) is 0 Å². The average Bonchev–Trinajstić information content (AvgIpc) is 2.85. The molecule has 0 radical (unpaired) electrons. The van der Waals surface area contributed by atoms with Gasteiger partial charge in [-0.1, -0.05) is 6.92 Å². The summed E-state index contributed by atoms with van der Waals surface area (Å²) in [6.07, 6.45) is 0.638. The Morgan fingerprint density at radius 2 is 2.15 bits per heavy atom. The third-order valence-electron chi connectivity index (χ3n) is 2.94. The van der Waals surface area contributed by atoms with Crippen molar-refractivity contribution in [3.63, 3.8) is 0 Å². The average molecular weight is 306 g/mol. The maximum atomic E-state index is 11.8. The molecule has 3 N–H and O–H groups in total. The monoisotopic (exact) mass is 305 g/mol. The number of nitrogens with zero attached hydrogens (tertiary/aromatic N) is 2. The number of ether oxygens (including phenoxy) is 1. The van der Waals surface area contributed by atoms with E-state index in [4.69, 9.17) is 10.5 Å². The molecule has 0 aromatic heterocycles. The Bertz CT molecular complexity index is 479. The molecule has 0 saturated carbocycles. The summed E-state index contributed by atoms with van der Waals surface area (Å²) in [7, 11) is 0. The molecule has 1 amide bonds. The van der Waals surface area contributed by atoms with Gasteiger partial charge in [0.15, 0.2) is 5.70 Å². The van der Waals surface area contributed by atoms with Gasteiger partial charge in [-0.3, -0.25) is 4.79 Å². The topological polar surface area (TPSA) is 113 Å². The zero-order chi connectivity index (χ0) is 14.2. The van der Waals surface area contributed by atoms with Gasteiger partial charge in [0.05, 0.1) is 18.7 Å². The van der Waals surface area contributed by atoms with Crippen molar-refractivity contribution in [2.45, 2.75) is 19.4 Å². The van der Waals surface area contributed by atoms with Crippen molar-refractivity contribution in [2.75, 3.05) is 19.7 Å². The summed E-state index contributed by atoms with van der Waals surface area (Å²) in [4.78, 5) is 34.9. The molecule has 2 aliphatic rings. The third-order valence-corrected chi connectivity index (χ3v) is 2.94. The van der Waals surface area contributed by atoms with Gasteiger partial charge in [-0.2, -0.15) is 0 Å².